The molecule has 0 fully saturated rings. The lowest BCUT2D eigenvalue weighted by molar-refractivity contribution is -0.137. The van der Waals surface area contributed by atoms with E-state index in [2.05, 4.69) is 0 Å². The van der Waals surface area contributed by atoms with E-state index in [1.165, 1.54) is 12.1 Å². The van der Waals surface area contributed by atoms with Gasteiger partial charge >= 0.3 is 6.18 Å². The van der Waals surface area contributed by atoms with Gasteiger partial charge in [0.2, 0.25) is 0 Å². The average Bonchev–Trinajstić information content (AvgIpc) is 2.17. The number of alkyl halides is 3. The molecule has 1 aromatic rings. The molecule has 0 unspecified atom stereocenters. The third kappa shape index (κ3) is 2.72. The lowest BCUT2D eigenvalue weighted by Crippen LogP contribution is -2.19. The van der Waals surface area contributed by atoms with E-state index in [1.54, 1.807) is 13.8 Å². The second-order valence-electron chi connectivity index (χ2n) is 3.70. The molecule has 84 valence electrons. The summed E-state index contributed by atoms with van der Waals surface area (Å²) < 4.78 is 36.7. The molecule has 0 aliphatic rings. The van der Waals surface area contributed by atoms with Gasteiger partial charge in [0.1, 0.15) is 0 Å². The van der Waals surface area contributed by atoms with Crippen molar-refractivity contribution in [2.75, 3.05) is 0 Å². The van der Waals surface area contributed by atoms with Crippen LogP contribution in [0.4, 0.5) is 13.2 Å². The highest BCUT2D eigenvalue weighted by molar-refractivity contribution is 5.28. The van der Waals surface area contributed by atoms with Crippen LogP contribution in [0.15, 0.2) is 24.3 Å². The Bertz CT molecular complexity index is 325. The Morgan fingerprint density at radius 2 is 1.47 bits per heavy atom. The lowest BCUT2D eigenvalue weighted by Gasteiger charge is -2.22. The first-order valence-corrected chi connectivity index (χ1v) is 4.67. The molecule has 0 aliphatic heterocycles. The van der Waals surface area contributed by atoms with Crippen molar-refractivity contribution in [3.63, 3.8) is 0 Å². The summed E-state index contributed by atoms with van der Waals surface area (Å²) in [5, 5.41) is 9.81. The van der Waals surface area contributed by atoms with Crippen molar-refractivity contribution in [1.82, 2.24) is 0 Å². The van der Waals surface area contributed by atoms with Crippen molar-refractivity contribution in [2.45, 2.75) is 32.0 Å². The molecule has 4 heteroatoms. The van der Waals surface area contributed by atoms with E-state index >= 15 is 0 Å². The molecule has 0 aromatic heterocycles. The van der Waals surface area contributed by atoms with E-state index in [1.807, 2.05) is 0 Å². The van der Waals surface area contributed by atoms with Gasteiger partial charge in [-0.3, -0.25) is 0 Å². The van der Waals surface area contributed by atoms with Gasteiger partial charge in [0.25, 0.3) is 0 Å². The minimum absolute atomic E-state index is 0.457. The summed E-state index contributed by atoms with van der Waals surface area (Å²) in [7, 11) is 0. The fraction of sp³-hybridized carbons (Fsp3) is 0.455. The van der Waals surface area contributed by atoms with Crippen LogP contribution in [0.2, 0.25) is 0 Å². The molecule has 0 spiro atoms. The molecule has 0 saturated heterocycles. The first-order valence-electron chi connectivity index (χ1n) is 4.67. The summed E-state index contributed by atoms with van der Waals surface area (Å²) in [6, 6.07) is 4.59. The molecule has 0 bridgehead atoms. The van der Waals surface area contributed by atoms with Crippen molar-refractivity contribution in [1.29, 1.82) is 0 Å². The highest BCUT2D eigenvalue weighted by atomic mass is 19.4. The first-order chi connectivity index (χ1) is 6.77. The molecule has 1 atom stereocenters. The summed E-state index contributed by atoms with van der Waals surface area (Å²) in [6.07, 6.45) is -3.87. The standard InChI is InChI=1S/C11H13F3O/c1-3-10(2,15)8-4-6-9(7-5-8)11(12,13)14/h4-7,15H,3H2,1-2H3/t10-/m0/s1. The quantitative estimate of drug-likeness (QED) is 0.807. The molecule has 15 heavy (non-hydrogen) atoms. The van der Waals surface area contributed by atoms with Gasteiger partial charge in [-0.05, 0) is 31.0 Å². The highest BCUT2D eigenvalue weighted by Crippen LogP contribution is 2.31. The van der Waals surface area contributed by atoms with Crippen LogP contribution in [0.5, 0.6) is 0 Å². The van der Waals surface area contributed by atoms with Gasteiger partial charge in [-0.2, -0.15) is 13.2 Å². The molecule has 1 N–H and O–H groups in total. The minimum Gasteiger partial charge on any atom is -0.385 e. The number of benzene rings is 1. The molecule has 1 aromatic carbocycles. The normalized spacial score (nSPS) is 16.1. The van der Waals surface area contributed by atoms with Crippen molar-refractivity contribution < 1.29 is 18.3 Å². The zero-order chi connectivity index (χ0) is 11.7. The van der Waals surface area contributed by atoms with Crippen LogP contribution in [0, 0.1) is 0 Å². The molecule has 0 saturated carbocycles. The van der Waals surface area contributed by atoms with Crippen LogP contribution in [0.3, 0.4) is 0 Å². The van der Waals surface area contributed by atoms with Crippen molar-refractivity contribution in [3.8, 4) is 0 Å². The zero-order valence-corrected chi connectivity index (χ0v) is 8.60. The van der Waals surface area contributed by atoms with Crippen LogP contribution >= 0.6 is 0 Å². The largest absolute Gasteiger partial charge is 0.416 e. The Morgan fingerprint density at radius 3 is 1.80 bits per heavy atom. The Kier molecular flexibility index (Phi) is 3.09. The lowest BCUT2D eigenvalue weighted by atomic mass is 9.93. The van der Waals surface area contributed by atoms with Crippen molar-refractivity contribution in [3.05, 3.63) is 35.4 Å². The number of halogens is 3. The summed E-state index contributed by atoms with van der Waals surface area (Å²) in [4.78, 5) is 0. The monoisotopic (exact) mass is 218 g/mol. The van der Waals surface area contributed by atoms with Gasteiger partial charge in [0.05, 0.1) is 11.2 Å². The van der Waals surface area contributed by atoms with E-state index < -0.39 is 17.3 Å². The van der Waals surface area contributed by atoms with Gasteiger partial charge in [0.15, 0.2) is 0 Å². The fourth-order valence-electron chi connectivity index (χ4n) is 1.22. The van der Waals surface area contributed by atoms with Crippen LogP contribution in [-0.4, -0.2) is 5.11 Å². The maximum atomic E-state index is 12.2. The van der Waals surface area contributed by atoms with Crippen LogP contribution < -0.4 is 0 Å². The average molecular weight is 218 g/mol. The second-order valence-corrected chi connectivity index (χ2v) is 3.70. The maximum absolute atomic E-state index is 12.2. The summed E-state index contributed by atoms with van der Waals surface area (Å²) in [5.74, 6) is 0. The number of hydrogen-bond donors (Lipinski definition) is 1. The zero-order valence-electron chi connectivity index (χ0n) is 8.60. The van der Waals surface area contributed by atoms with E-state index in [9.17, 15) is 18.3 Å². The van der Waals surface area contributed by atoms with Crippen molar-refractivity contribution >= 4 is 0 Å². The predicted molar refractivity (Wildman–Crippen MR) is 51.3 cm³/mol. The number of aliphatic hydroxyl groups is 1. The number of hydrogen-bond acceptors (Lipinski definition) is 1. The Morgan fingerprint density at radius 1 is 1.07 bits per heavy atom. The molecule has 0 amide bonds. The van der Waals surface area contributed by atoms with E-state index in [0.717, 1.165) is 12.1 Å². The Hall–Kier alpha value is -1.03. The molecular formula is C11H13F3O. The molecule has 0 radical (unpaired) electrons. The molecule has 1 rings (SSSR count). The summed E-state index contributed by atoms with van der Waals surface area (Å²) in [6.45, 7) is 3.35. The number of rotatable bonds is 2. The van der Waals surface area contributed by atoms with Crippen LogP contribution in [-0.2, 0) is 11.8 Å². The first kappa shape index (κ1) is 12.0. The van der Waals surface area contributed by atoms with Crippen LogP contribution in [0.1, 0.15) is 31.4 Å². The molecular weight excluding hydrogens is 205 g/mol. The molecule has 0 aliphatic carbocycles. The topological polar surface area (TPSA) is 20.2 Å². The van der Waals surface area contributed by atoms with Gasteiger partial charge in [-0.25, -0.2) is 0 Å². The summed E-state index contributed by atoms with van der Waals surface area (Å²) in [5.41, 5.74) is -1.26. The van der Waals surface area contributed by atoms with Crippen molar-refractivity contribution in [2.24, 2.45) is 0 Å². The SMILES string of the molecule is CC[C@](C)(O)c1ccc(C(F)(F)F)cc1. The van der Waals surface area contributed by atoms with Gasteiger partial charge in [0, 0.05) is 0 Å². The fourth-order valence-corrected chi connectivity index (χ4v) is 1.22. The third-order valence-electron chi connectivity index (χ3n) is 2.52. The van der Waals surface area contributed by atoms with Gasteiger partial charge in [-0.1, -0.05) is 19.1 Å². The van der Waals surface area contributed by atoms with Crippen LogP contribution in [0.25, 0.3) is 0 Å². The van der Waals surface area contributed by atoms with E-state index in [-0.39, 0.29) is 0 Å². The highest BCUT2D eigenvalue weighted by Gasteiger charge is 2.31. The minimum atomic E-state index is -4.32. The molecule has 1 nitrogen and oxygen atoms in total. The van der Waals surface area contributed by atoms with E-state index in [4.69, 9.17) is 0 Å². The predicted octanol–water partition coefficient (Wildman–Crippen LogP) is 3.32. The Labute approximate surface area is 86.5 Å². The van der Waals surface area contributed by atoms with Gasteiger partial charge in [-0.15, -0.1) is 0 Å². The maximum Gasteiger partial charge on any atom is 0.416 e. The van der Waals surface area contributed by atoms with Gasteiger partial charge < -0.3 is 5.11 Å². The third-order valence-corrected chi connectivity index (χ3v) is 2.52. The summed E-state index contributed by atoms with van der Waals surface area (Å²) >= 11 is 0. The second kappa shape index (κ2) is 3.85. The smallest absolute Gasteiger partial charge is 0.385 e. The molecule has 0 heterocycles. The Balaban J connectivity index is 3.01. The van der Waals surface area contributed by atoms with E-state index in [0.29, 0.717) is 12.0 Å².